The molecule has 3 N–H and O–H groups in total. The molecule has 0 saturated heterocycles. The van der Waals surface area contributed by atoms with E-state index in [-0.39, 0.29) is 17.5 Å². The number of aliphatic hydroxyl groups is 1. The third kappa shape index (κ3) is 4.75. The Morgan fingerprint density at radius 2 is 2.00 bits per heavy atom. The second kappa shape index (κ2) is 8.35. The van der Waals surface area contributed by atoms with Crippen LogP contribution in [0.3, 0.4) is 0 Å². The predicted octanol–water partition coefficient (Wildman–Crippen LogP) is 2.54. The number of nitrogens with zero attached hydrogens (tertiary/aromatic N) is 2. The number of benzene rings is 2. The van der Waals surface area contributed by atoms with Gasteiger partial charge in [0.1, 0.15) is 5.52 Å². The second-order valence-electron chi connectivity index (χ2n) is 7.85. The summed E-state index contributed by atoms with van der Waals surface area (Å²) in [6.45, 7) is 4.05. The van der Waals surface area contributed by atoms with E-state index >= 15 is 0 Å². The molecule has 0 aliphatic rings. The molecule has 0 saturated carbocycles. The smallest absolute Gasteiger partial charge is 0.240 e. The first-order valence-electron chi connectivity index (χ1n) is 9.87. The second-order valence-corrected chi connectivity index (χ2v) is 9.56. The number of hydrogen-bond donors (Lipinski definition) is 3. The molecule has 31 heavy (non-hydrogen) atoms. The van der Waals surface area contributed by atoms with Gasteiger partial charge in [-0.1, -0.05) is 12.1 Å². The fraction of sp³-hybridized carbons (Fsp3) is 0.273. The summed E-state index contributed by atoms with van der Waals surface area (Å²) < 4.78 is 33.4. The van der Waals surface area contributed by atoms with Crippen LogP contribution in [0.2, 0.25) is 0 Å². The summed E-state index contributed by atoms with van der Waals surface area (Å²) in [5.74, 6) is 0. The third-order valence-corrected chi connectivity index (χ3v) is 6.74. The lowest BCUT2D eigenvalue weighted by Gasteiger charge is -2.25. The van der Waals surface area contributed by atoms with Gasteiger partial charge in [-0.2, -0.15) is 0 Å². The molecule has 8 nitrogen and oxygen atoms in total. The van der Waals surface area contributed by atoms with E-state index in [1.807, 2.05) is 0 Å². The topological polar surface area (TPSA) is 117 Å². The molecule has 4 aromatic rings. The molecule has 4 rings (SSSR count). The molecule has 0 amide bonds. The Morgan fingerprint density at radius 3 is 2.84 bits per heavy atom. The zero-order valence-corrected chi connectivity index (χ0v) is 18.1. The number of pyridine rings is 1. The lowest BCUT2D eigenvalue weighted by atomic mass is 9.95. The van der Waals surface area contributed by atoms with Crippen LogP contribution in [-0.2, 0) is 15.6 Å². The van der Waals surface area contributed by atoms with Crippen LogP contribution in [-0.4, -0.2) is 42.6 Å². The van der Waals surface area contributed by atoms with Crippen molar-refractivity contribution < 1.29 is 17.9 Å². The molecule has 0 spiro atoms. The SMILES string of the molecule is C[C@H](CNCC(C)(O)c1ccc2ocnc2c1)NS(=O)(=O)c1ccc2cnccc2c1. The quantitative estimate of drug-likeness (QED) is 0.385. The van der Waals surface area contributed by atoms with Crippen LogP contribution in [0.1, 0.15) is 19.4 Å². The minimum atomic E-state index is -3.68. The van der Waals surface area contributed by atoms with Crippen molar-refractivity contribution in [2.24, 2.45) is 0 Å². The Bertz CT molecular complexity index is 1320. The van der Waals surface area contributed by atoms with Gasteiger partial charge in [-0.05, 0) is 55.1 Å². The molecule has 2 aromatic carbocycles. The minimum absolute atomic E-state index is 0.200. The highest BCUT2D eigenvalue weighted by Crippen LogP contribution is 2.24. The average molecular weight is 441 g/mol. The number of sulfonamides is 1. The van der Waals surface area contributed by atoms with Gasteiger partial charge in [-0.15, -0.1) is 0 Å². The van der Waals surface area contributed by atoms with Gasteiger partial charge in [0, 0.05) is 36.9 Å². The first-order valence-corrected chi connectivity index (χ1v) is 11.4. The first kappa shape index (κ1) is 21.4. The van der Waals surface area contributed by atoms with Gasteiger partial charge in [0.25, 0.3) is 0 Å². The van der Waals surface area contributed by atoms with Crippen LogP contribution < -0.4 is 10.0 Å². The van der Waals surface area contributed by atoms with Crippen molar-refractivity contribution in [2.75, 3.05) is 13.1 Å². The van der Waals surface area contributed by atoms with Gasteiger partial charge in [-0.25, -0.2) is 18.1 Å². The summed E-state index contributed by atoms with van der Waals surface area (Å²) in [6.07, 6.45) is 4.69. The van der Waals surface area contributed by atoms with Crippen molar-refractivity contribution in [3.8, 4) is 0 Å². The Hall–Kier alpha value is -2.85. The molecule has 0 aliphatic heterocycles. The molecule has 2 aromatic heterocycles. The van der Waals surface area contributed by atoms with Crippen LogP contribution in [0.4, 0.5) is 0 Å². The van der Waals surface area contributed by atoms with Crippen molar-refractivity contribution in [2.45, 2.75) is 30.4 Å². The molecule has 162 valence electrons. The number of aromatic nitrogens is 2. The number of hydrogen-bond acceptors (Lipinski definition) is 7. The van der Waals surface area contributed by atoms with Gasteiger partial charge < -0.3 is 14.8 Å². The van der Waals surface area contributed by atoms with Crippen LogP contribution >= 0.6 is 0 Å². The van der Waals surface area contributed by atoms with Crippen LogP contribution in [0.15, 0.2) is 70.6 Å². The lowest BCUT2D eigenvalue weighted by molar-refractivity contribution is 0.0569. The molecule has 0 bridgehead atoms. The van der Waals surface area contributed by atoms with E-state index in [1.165, 1.54) is 6.39 Å². The first-order chi connectivity index (χ1) is 14.7. The van der Waals surface area contributed by atoms with Gasteiger partial charge in [0.05, 0.1) is 10.5 Å². The maximum Gasteiger partial charge on any atom is 0.240 e. The van der Waals surface area contributed by atoms with Gasteiger partial charge in [-0.3, -0.25) is 4.98 Å². The number of fused-ring (bicyclic) bond motifs is 2. The van der Waals surface area contributed by atoms with Gasteiger partial charge in [0.2, 0.25) is 10.0 Å². The van der Waals surface area contributed by atoms with Crippen LogP contribution in [0, 0.1) is 0 Å². The molecule has 2 atom stereocenters. The third-order valence-electron chi connectivity index (χ3n) is 5.15. The zero-order chi connectivity index (χ0) is 22.1. The zero-order valence-electron chi connectivity index (χ0n) is 17.2. The van der Waals surface area contributed by atoms with E-state index in [0.717, 1.165) is 10.8 Å². The Morgan fingerprint density at radius 1 is 1.16 bits per heavy atom. The van der Waals surface area contributed by atoms with E-state index in [4.69, 9.17) is 4.42 Å². The number of oxazole rings is 1. The number of nitrogens with one attached hydrogen (secondary N) is 2. The number of rotatable bonds is 8. The summed E-state index contributed by atoms with van der Waals surface area (Å²) in [5.41, 5.74) is 0.865. The van der Waals surface area contributed by atoms with Crippen molar-refractivity contribution in [3.63, 3.8) is 0 Å². The molecular formula is C22H24N4O4S. The summed E-state index contributed by atoms with van der Waals surface area (Å²) in [6, 6.07) is 11.7. The van der Waals surface area contributed by atoms with Gasteiger partial charge in [0.15, 0.2) is 12.0 Å². The maximum absolute atomic E-state index is 12.7. The Balaban J connectivity index is 1.36. The highest BCUT2D eigenvalue weighted by molar-refractivity contribution is 7.89. The normalized spacial score (nSPS) is 15.2. The van der Waals surface area contributed by atoms with Crippen molar-refractivity contribution in [1.29, 1.82) is 0 Å². The lowest BCUT2D eigenvalue weighted by Crippen LogP contribution is -2.44. The highest BCUT2D eigenvalue weighted by atomic mass is 32.2. The predicted molar refractivity (Wildman–Crippen MR) is 118 cm³/mol. The van der Waals surface area contributed by atoms with Crippen molar-refractivity contribution >= 4 is 31.9 Å². The van der Waals surface area contributed by atoms with E-state index in [0.29, 0.717) is 23.2 Å². The van der Waals surface area contributed by atoms with Gasteiger partial charge >= 0.3 is 0 Å². The van der Waals surface area contributed by atoms with Crippen LogP contribution in [0.25, 0.3) is 21.9 Å². The largest absolute Gasteiger partial charge is 0.443 e. The van der Waals surface area contributed by atoms with E-state index in [2.05, 4.69) is 20.0 Å². The molecule has 0 aliphatic carbocycles. The minimum Gasteiger partial charge on any atom is -0.443 e. The molecular weight excluding hydrogens is 416 g/mol. The molecule has 0 radical (unpaired) electrons. The molecule has 1 unspecified atom stereocenters. The average Bonchev–Trinajstić information content (AvgIpc) is 3.21. The fourth-order valence-corrected chi connectivity index (χ4v) is 4.71. The van der Waals surface area contributed by atoms with Crippen molar-refractivity contribution in [3.05, 3.63) is 66.8 Å². The van der Waals surface area contributed by atoms with E-state index in [1.54, 1.807) is 68.7 Å². The fourth-order valence-electron chi connectivity index (χ4n) is 3.43. The summed E-state index contributed by atoms with van der Waals surface area (Å²) in [7, 11) is -3.68. The summed E-state index contributed by atoms with van der Waals surface area (Å²) in [4.78, 5) is 8.35. The monoisotopic (exact) mass is 440 g/mol. The standard InChI is InChI=1S/C22H24N4O4S/c1-15(26-31(28,29)19-5-3-17-12-23-8-7-16(17)9-19)11-24-13-22(2,27)18-4-6-21-20(10-18)25-14-30-21/h3-10,12,14-15,24,26-27H,11,13H2,1-2H3/t15-,22?/m1/s1. The van der Waals surface area contributed by atoms with E-state index in [9.17, 15) is 13.5 Å². The Labute approximate surface area is 180 Å². The summed E-state index contributed by atoms with van der Waals surface area (Å²) >= 11 is 0. The molecule has 0 fully saturated rings. The summed E-state index contributed by atoms with van der Waals surface area (Å²) in [5, 5.41) is 15.7. The van der Waals surface area contributed by atoms with Crippen LogP contribution in [0.5, 0.6) is 0 Å². The van der Waals surface area contributed by atoms with E-state index < -0.39 is 15.6 Å². The Kier molecular flexibility index (Phi) is 5.76. The van der Waals surface area contributed by atoms with Crippen molar-refractivity contribution in [1.82, 2.24) is 20.0 Å². The molecule has 9 heteroatoms. The highest BCUT2D eigenvalue weighted by Gasteiger charge is 2.24. The molecule has 2 heterocycles. The maximum atomic E-state index is 12.7.